The van der Waals surface area contributed by atoms with Gasteiger partial charge < -0.3 is 20.2 Å². The number of hydrogen-bond donors (Lipinski definition) is 2. The number of amides is 1. The van der Waals surface area contributed by atoms with E-state index in [0.29, 0.717) is 48.6 Å². The van der Waals surface area contributed by atoms with E-state index in [1.165, 1.54) is 24.3 Å². The zero-order valence-corrected chi connectivity index (χ0v) is 19.3. The van der Waals surface area contributed by atoms with Gasteiger partial charge in [-0.2, -0.15) is 0 Å². The fraction of sp³-hybridized carbons (Fsp3) is 0.240. The molecule has 1 saturated heterocycles. The van der Waals surface area contributed by atoms with Gasteiger partial charge in [0.25, 0.3) is 0 Å². The number of nitrogens with zero attached hydrogens (tertiary/aromatic N) is 3. The smallest absolute Gasteiger partial charge is 0.246 e. The van der Waals surface area contributed by atoms with Gasteiger partial charge in [0.05, 0.1) is 22.8 Å². The number of aromatic hydroxyl groups is 1. The molecule has 2 aliphatic rings. The Labute approximate surface area is 204 Å². The lowest BCUT2D eigenvalue weighted by Crippen LogP contribution is -2.48. The number of rotatable bonds is 3. The first-order chi connectivity index (χ1) is 16.8. The molecule has 35 heavy (non-hydrogen) atoms. The minimum Gasteiger partial charge on any atom is -0.507 e. The third-order valence-electron chi connectivity index (χ3n) is 6.39. The summed E-state index contributed by atoms with van der Waals surface area (Å²) in [6.45, 7) is 5.30. The number of fused-ring (bicyclic) bond motifs is 2. The molecule has 10 heteroatoms. The van der Waals surface area contributed by atoms with E-state index in [2.05, 4.69) is 16.9 Å². The summed E-state index contributed by atoms with van der Waals surface area (Å²) in [4.78, 5) is 32.4. The molecule has 1 amide bonds. The normalized spacial score (nSPS) is 15.7. The van der Waals surface area contributed by atoms with Crippen LogP contribution in [-0.2, 0) is 16.0 Å². The molecule has 3 aromatic rings. The minimum absolute atomic E-state index is 0.0418. The highest BCUT2D eigenvalue weighted by atomic mass is 35.5. The first-order valence-corrected chi connectivity index (χ1v) is 11.4. The average molecular weight is 499 g/mol. The Bertz CT molecular complexity index is 1380. The first kappa shape index (κ1) is 23.0. The first-order valence-electron chi connectivity index (χ1n) is 11.0. The van der Waals surface area contributed by atoms with Crippen molar-refractivity contribution in [2.75, 3.05) is 42.9 Å². The van der Waals surface area contributed by atoms with Crippen molar-refractivity contribution in [2.24, 2.45) is 0 Å². The van der Waals surface area contributed by atoms with Crippen LogP contribution in [0.25, 0.3) is 22.0 Å². The van der Waals surface area contributed by atoms with Gasteiger partial charge in [-0.3, -0.25) is 9.59 Å². The van der Waals surface area contributed by atoms with E-state index in [-0.39, 0.29) is 46.3 Å². The molecule has 0 aliphatic carbocycles. The second-order valence-corrected chi connectivity index (χ2v) is 8.86. The van der Waals surface area contributed by atoms with Crippen molar-refractivity contribution >= 4 is 45.7 Å². The van der Waals surface area contributed by atoms with Crippen molar-refractivity contribution in [2.45, 2.75) is 6.42 Å². The van der Waals surface area contributed by atoms with Gasteiger partial charge >= 0.3 is 0 Å². The SMILES string of the molecule is C=CC(=O)N1CCN(c2c3c(nc4c(F)c(-c5c(O)cccc5F)c(Cl)cc24)NCC(=O)C3)CC1. The molecule has 5 rings (SSSR count). The standard InChI is InChI=1S/C25H21ClF2N4O3/c1-2-19(35)31-6-8-32(9-7-31)24-14-11-16(26)20(21-17(27)4-3-5-18(21)34)22(28)23(14)30-25-15(24)10-13(33)12-29-25/h2-5,11,34H,1,6-10,12H2,(H,29,30). The van der Waals surface area contributed by atoms with Gasteiger partial charge in [-0.05, 0) is 24.3 Å². The predicted molar refractivity (Wildman–Crippen MR) is 130 cm³/mol. The molecule has 0 bridgehead atoms. The Morgan fingerprint density at radius 3 is 2.63 bits per heavy atom. The van der Waals surface area contributed by atoms with Crippen LogP contribution in [0.4, 0.5) is 20.3 Å². The number of carbonyl (C=O) groups excluding carboxylic acids is 2. The molecule has 0 radical (unpaired) electrons. The van der Waals surface area contributed by atoms with Crippen molar-refractivity contribution in [3.63, 3.8) is 0 Å². The minimum atomic E-state index is -0.879. The average Bonchev–Trinajstić information content (AvgIpc) is 2.84. The van der Waals surface area contributed by atoms with Crippen LogP contribution in [0, 0.1) is 11.6 Å². The third kappa shape index (κ3) is 3.85. The Morgan fingerprint density at radius 2 is 1.94 bits per heavy atom. The van der Waals surface area contributed by atoms with E-state index in [0.717, 1.165) is 6.07 Å². The largest absolute Gasteiger partial charge is 0.507 e. The van der Waals surface area contributed by atoms with Gasteiger partial charge in [-0.1, -0.05) is 24.2 Å². The quantitative estimate of drug-likeness (QED) is 0.533. The lowest BCUT2D eigenvalue weighted by Gasteiger charge is -2.38. The summed E-state index contributed by atoms with van der Waals surface area (Å²) < 4.78 is 30.6. The molecule has 1 aromatic heterocycles. The monoisotopic (exact) mass is 498 g/mol. The van der Waals surface area contributed by atoms with E-state index >= 15 is 4.39 Å². The number of pyridine rings is 1. The number of piperazine rings is 1. The molecule has 2 aliphatic heterocycles. The van der Waals surface area contributed by atoms with Gasteiger partial charge in [0.1, 0.15) is 22.9 Å². The van der Waals surface area contributed by atoms with Crippen molar-refractivity contribution < 1.29 is 23.5 Å². The van der Waals surface area contributed by atoms with Crippen molar-refractivity contribution in [3.8, 4) is 16.9 Å². The number of carbonyl (C=O) groups is 2. The Hall–Kier alpha value is -3.72. The Kier molecular flexibility index (Phi) is 5.80. The fourth-order valence-electron chi connectivity index (χ4n) is 4.74. The van der Waals surface area contributed by atoms with Crippen LogP contribution in [0.2, 0.25) is 5.02 Å². The van der Waals surface area contributed by atoms with Crippen LogP contribution in [0.1, 0.15) is 5.56 Å². The molecule has 2 N–H and O–H groups in total. The number of nitrogens with one attached hydrogen (secondary N) is 1. The molecule has 180 valence electrons. The lowest BCUT2D eigenvalue weighted by molar-refractivity contribution is -0.126. The fourth-order valence-corrected chi connectivity index (χ4v) is 5.02. The number of hydrogen-bond acceptors (Lipinski definition) is 6. The van der Waals surface area contributed by atoms with Gasteiger partial charge in [-0.15, -0.1) is 0 Å². The van der Waals surface area contributed by atoms with E-state index in [9.17, 15) is 19.1 Å². The number of Topliss-reactive ketones (excluding diaryl/α,β-unsaturated/α-hetero) is 1. The highest BCUT2D eigenvalue weighted by Crippen LogP contribution is 2.45. The lowest BCUT2D eigenvalue weighted by atomic mass is 9.96. The van der Waals surface area contributed by atoms with Crippen LogP contribution in [0.5, 0.6) is 5.75 Å². The number of aromatic nitrogens is 1. The maximum Gasteiger partial charge on any atom is 0.246 e. The molecule has 1 fully saturated rings. The summed E-state index contributed by atoms with van der Waals surface area (Å²) in [5.74, 6) is -2.01. The van der Waals surface area contributed by atoms with Gasteiger partial charge in [0.15, 0.2) is 11.6 Å². The van der Waals surface area contributed by atoms with Crippen molar-refractivity contribution in [1.82, 2.24) is 9.88 Å². The van der Waals surface area contributed by atoms with Gasteiger partial charge in [-0.25, -0.2) is 13.8 Å². The van der Waals surface area contributed by atoms with Crippen LogP contribution in [0.15, 0.2) is 36.9 Å². The predicted octanol–water partition coefficient (Wildman–Crippen LogP) is 3.91. The summed E-state index contributed by atoms with van der Waals surface area (Å²) in [5, 5.41) is 13.5. The molecular weight excluding hydrogens is 478 g/mol. The third-order valence-corrected chi connectivity index (χ3v) is 6.69. The number of phenolic OH excluding ortho intramolecular Hbond substituents is 1. The summed E-state index contributed by atoms with van der Waals surface area (Å²) in [7, 11) is 0. The van der Waals surface area contributed by atoms with Crippen LogP contribution >= 0.6 is 11.6 Å². The van der Waals surface area contributed by atoms with E-state index in [1.54, 1.807) is 4.90 Å². The number of anilines is 2. The van der Waals surface area contributed by atoms with E-state index in [4.69, 9.17) is 11.6 Å². The Morgan fingerprint density at radius 1 is 1.20 bits per heavy atom. The zero-order valence-electron chi connectivity index (χ0n) is 18.6. The van der Waals surface area contributed by atoms with E-state index in [1.807, 2.05) is 4.90 Å². The van der Waals surface area contributed by atoms with Gasteiger partial charge in [0, 0.05) is 49.1 Å². The van der Waals surface area contributed by atoms with Crippen molar-refractivity contribution in [1.29, 1.82) is 0 Å². The number of benzene rings is 2. The van der Waals surface area contributed by atoms with Gasteiger partial charge in [0.2, 0.25) is 5.91 Å². The molecule has 0 unspecified atom stereocenters. The topological polar surface area (TPSA) is 85.8 Å². The summed E-state index contributed by atoms with van der Waals surface area (Å²) in [6.07, 6.45) is 1.37. The highest BCUT2D eigenvalue weighted by molar-refractivity contribution is 6.34. The number of ketones is 1. The maximum absolute atomic E-state index is 16.0. The highest BCUT2D eigenvalue weighted by Gasteiger charge is 2.31. The molecule has 2 aromatic carbocycles. The molecule has 3 heterocycles. The Balaban J connectivity index is 1.72. The maximum atomic E-state index is 16.0. The second kappa shape index (κ2) is 8.81. The van der Waals surface area contributed by atoms with Crippen LogP contribution in [0.3, 0.4) is 0 Å². The molecular formula is C25H21ClF2N4O3. The molecule has 0 saturated carbocycles. The van der Waals surface area contributed by atoms with Crippen molar-refractivity contribution in [3.05, 3.63) is 59.1 Å². The summed E-state index contributed by atoms with van der Waals surface area (Å²) in [5.41, 5.74) is 0.516. The zero-order chi connectivity index (χ0) is 24.9. The number of phenols is 1. The second-order valence-electron chi connectivity index (χ2n) is 8.45. The summed E-state index contributed by atoms with van der Waals surface area (Å²) >= 11 is 6.48. The van der Waals surface area contributed by atoms with Crippen LogP contribution in [-0.4, -0.2) is 59.4 Å². The number of halogens is 3. The van der Waals surface area contributed by atoms with Crippen LogP contribution < -0.4 is 10.2 Å². The summed E-state index contributed by atoms with van der Waals surface area (Å²) in [6, 6.07) is 5.16. The van der Waals surface area contributed by atoms with E-state index < -0.39 is 17.4 Å². The molecule has 0 atom stereocenters. The molecule has 0 spiro atoms. The molecule has 7 nitrogen and oxygen atoms in total.